The van der Waals surface area contributed by atoms with E-state index < -0.39 is 0 Å². The normalized spacial score (nSPS) is 23.3. The second-order valence-corrected chi connectivity index (χ2v) is 5.50. The van der Waals surface area contributed by atoms with Gasteiger partial charge in [0.15, 0.2) is 0 Å². The average molecular weight is 219 g/mol. The Morgan fingerprint density at radius 3 is 2.81 bits per heavy atom. The number of nitrogens with one attached hydrogen (secondary N) is 1. The van der Waals surface area contributed by atoms with Crippen molar-refractivity contribution in [2.45, 2.75) is 46.1 Å². The average Bonchev–Trinajstić information content (AvgIpc) is 2.52. The van der Waals surface area contributed by atoms with Crippen molar-refractivity contribution in [2.24, 2.45) is 5.41 Å². The molecule has 1 saturated carbocycles. The first-order chi connectivity index (χ1) is 7.49. The second-order valence-electron chi connectivity index (χ2n) is 5.50. The maximum atomic E-state index is 5.76. The molecule has 1 fully saturated rings. The highest BCUT2D eigenvalue weighted by atomic mass is 15.0. The summed E-state index contributed by atoms with van der Waals surface area (Å²) in [6, 6.07) is 2.56. The number of hydrogen-bond donors (Lipinski definition) is 2. The van der Waals surface area contributed by atoms with E-state index in [2.05, 4.69) is 24.1 Å². The Kier molecular flexibility index (Phi) is 2.78. The zero-order valence-electron chi connectivity index (χ0n) is 10.4. The van der Waals surface area contributed by atoms with Crippen molar-refractivity contribution in [3.63, 3.8) is 0 Å². The first kappa shape index (κ1) is 11.2. The van der Waals surface area contributed by atoms with Gasteiger partial charge in [-0.2, -0.15) is 0 Å². The zero-order valence-corrected chi connectivity index (χ0v) is 10.4. The van der Waals surface area contributed by atoms with E-state index in [-0.39, 0.29) is 0 Å². The number of aryl methyl sites for hydroxylation is 1. The van der Waals surface area contributed by atoms with Crippen LogP contribution in [-0.4, -0.2) is 11.0 Å². The van der Waals surface area contributed by atoms with Crippen LogP contribution in [-0.2, 0) is 0 Å². The summed E-state index contributed by atoms with van der Waals surface area (Å²) in [6.07, 6.45) is 5.56. The van der Waals surface area contributed by atoms with Crippen LogP contribution >= 0.6 is 0 Å². The molecule has 0 bridgehead atoms. The van der Waals surface area contributed by atoms with E-state index in [1.165, 1.54) is 19.3 Å². The molecule has 88 valence electrons. The first-order valence-electron chi connectivity index (χ1n) is 5.98. The van der Waals surface area contributed by atoms with Crippen LogP contribution in [0.5, 0.6) is 0 Å². The quantitative estimate of drug-likeness (QED) is 0.804. The molecule has 1 aromatic heterocycles. The molecule has 0 aliphatic heterocycles. The van der Waals surface area contributed by atoms with Crippen LogP contribution in [0.15, 0.2) is 12.3 Å². The maximum Gasteiger partial charge on any atom is 0.126 e. The number of aromatic nitrogens is 1. The molecule has 0 saturated heterocycles. The van der Waals surface area contributed by atoms with E-state index in [1.54, 1.807) is 6.20 Å². The summed E-state index contributed by atoms with van der Waals surface area (Å²) < 4.78 is 0. The van der Waals surface area contributed by atoms with Crippen LogP contribution in [0.25, 0.3) is 0 Å². The Labute approximate surface area is 97.5 Å². The van der Waals surface area contributed by atoms with Gasteiger partial charge >= 0.3 is 0 Å². The minimum atomic E-state index is 0.372. The Hall–Kier alpha value is -1.25. The lowest BCUT2D eigenvalue weighted by Crippen LogP contribution is -2.31. The molecule has 1 unspecified atom stereocenters. The van der Waals surface area contributed by atoms with Crippen LogP contribution in [0.1, 0.15) is 38.7 Å². The van der Waals surface area contributed by atoms with Gasteiger partial charge < -0.3 is 11.1 Å². The molecule has 16 heavy (non-hydrogen) atoms. The van der Waals surface area contributed by atoms with Gasteiger partial charge in [0.25, 0.3) is 0 Å². The number of anilines is 2. The SMILES string of the molecule is Cc1cc(NC2CCCC2(C)C)ncc1N. The van der Waals surface area contributed by atoms with Gasteiger partial charge in [0, 0.05) is 6.04 Å². The minimum absolute atomic E-state index is 0.372. The minimum Gasteiger partial charge on any atom is -0.397 e. The first-order valence-corrected chi connectivity index (χ1v) is 5.98. The lowest BCUT2D eigenvalue weighted by atomic mass is 9.87. The molecule has 1 atom stereocenters. The molecule has 2 rings (SSSR count). The second kappa shape index (κ2) is 3.96. The fourth-order valence-corrected chi connectivity index (χ4v) is 2.42. The third-order valence-corrected chi connectivity index (χ3v) is 3.73. The van der Waals surface area contributed by atoms with E-state index in [4.69, 9.17) is 5.73 Å². The molecular weight excluding hydrogens is 198 g/mol. The van der Waals surface area contributed by atoms with E-state index in [9.17, 15) is 0 Å². The number of rotatable bonds is 2. The highest BCUT2D eigenvalue weighted by Gasteiger charge is 2.34. The molecule has 0 amide bonds. The molecular formula is C13H21N3. The van der Waals surface area contributed by atoms with Crippen LogP contribution in [0.2, 0.25) is 0 Å². The van der Waals surface area contributed by atoms with Crippen molar-refractivity contribution >= 4 is 11.5 Å². The lowest BCUT2D eigenvalue weighted by Gasteiger charge is -2.28. The smallest absolute Gasteiger partial charge is 0.126 e. The zero-order chi connectivity index (χ0) is 11.8. The lowest BCUT2D eigenvalue weighted by molar-refractivity contribution is 0.349. The summed E-state index contributed by atoms with van der Waals surface area (Å²) in [5.74, 6) is 0.951. The largest absolute Gasteiger partial charge is 0.397 e. The number of hydrogen-bond acceptors (Lipinski definition) is 3. The number of pyridine rings is 1. The van der Waals surface area contributed by atoms with E-state index in [0.717, 1.165) is 17.1 Å². The van der Waals surface area contributed by atoms with Gasteiger partial charge in [0.05, 0.1) is 11.9 Å². The Morgan fingerprint density at radius 1 is 1.50 bits per heavy atom. The molecule has 1 aliphatic carbocycles. The third kappa shape index (κ3) is 2.13. The van der Waals surface area contributed by atoms with Crippen molar-refractivity contribution in [2.75, 3.05) is 11.1 Å². The Morgan fingerprint density at radius 2 is 2.25 bits per heavy atom. The van der Waals surface area contributed by atoms with Crippen LogP contribution in [0, 0.1) is 12.3 Å². The molecule has 3 heteroatoms. The number of nitrogens with zero attached hydrogens (tertiary/aromatic N) is 1. The van der Waals surface area contributed by atoms with Gasteiger partial charge in [0.2, 0.25) is 0 Å². The van der Waals surface area contributed by atoms with E-state index in [1.807, 2.05) is 13.0 Å². The van der Waals surface area contributed by atoms with Crippen molar-refractivity contribution in [1.82, 2.24) is 4.98 Å². The predicted octanol–water partition coefficient (Wildman–Crippen LogP) is 2.96. The molecule has 0 radical (unpaired) electrons. The van der Waals surface area contributed by atoms with Crippen LogP contribution in [0.3, 0.4) is 0 Å². The standard InChI is InChI=1S/C13H21N3/c1-9-7-12(15-8-10(9)14)16-11-5-4-6-13(11,2)3/h7-8,11H,4-6,14H2,1-3H3,(H,15,16). The third-order valence-electron chi connectivity index (χ3n) is 3.73. The Balaban J connectivity index is 2.12. The summed E-state index contributed by atoms with van der Waals surface area (Å²) in [5, 5.41) is 3.53. The van der Waals surface area contributed by atoms with Gasteiger partial charge in [-0.15, -0.1) is 0 Å². The molecule has 0 aromatic carbocycles. The molecule has 0 spiro atoms. The van der Waals surface area contributed by atoms with Gasteiger partial charge in [0.1, 0.15) is 5.82 Å². The fourth-order valence-electron chi connectivity index (χ4n) is 2.42. The highest BCUT2D eigenvalue weighted by molar-refractivity contribution is 5.51. The monoisotopic (exact) mass is 219 g/mol. The topological polar surface area (TPSA) is 50.9 Å². The molecule has 1 heterocycles. The van der Waals surface area contributed by atoms with Crippen molar-refractivity contribution in [3.05, 3.63) is 17.8 Å². The highest BCUT2D eigenvalue weighted by Crippen LogP contribution is 2.38. The van der Waals surface area contributed by atoms with E-state index in [0.29, 0.717) is 11.5 Å². The van der Waals surface area contributed by atoms with Gasteiger partial charge in [-0.25, -0.2) is 4.98 Å². The summed E-state index contributed by atoms with van der Waals surface area (Å²) in [7, 11) is 0. The van der Waals surface area contributed by atoms with Gasteiger partial charge in [-0.1, -0.05) is 20.3 Å². The summed E-state index contributed by atoms with van der Waals surface area (Å²) in [6.45, 7) is 6.66. The maximum absolute atomic E-state index is 5.76. The summed E-state index contributed by atoms with van der Waals surface area (Å²) in [5.41, 5.74) is 7.98. The van der Waals surface area contributed by atoms with Crippen molar-refractivity contribution < 1.29 is 0 Å². The molecule has 1 aromatic rings. The van der Waals surface area contributed by atoms with Crippen molar-refractivity contribution in [3.8, 4) is 0 Å². The molecule has 1 aliphatic rings. The number of nitrogen functional groups attached to an aromatic ring is 1. The molecule has 3 N–H and O–H groups in total. The van der Waals surface area contributed by atoms with Crippen molar-refractivity contribution in [1.29, 1.82) is 0 Å². The van der Waals surface area contributed by atoms with E-state index >= 15 is 0 Å². The predicted molar refractivity (Wildman–Crippen MR) is 68.4 cm³/mol. The summed E-state index contributed by atoms with van der Waals surface area (Å²) >= 11 is 0. The number of nitrogens with two attached hydrogens (primary N) is 1. The van der Waals surface area contributed by atoms with Gasteiger partial charge in [-0.05, 0) is 36.8 Å². The Bertz CT molecular complexity index is 385. The van der Waals surface area contributed by atoms with Crippen LogP contribution < -0.4 is 11.1 Å². The van der Waals surface area contributed by atoms with Gasteiger partial charge in [-0.3, -0.25) is 0 Å². The fraction of sp³-hybridized carbons (Fsp3) is 0.615. The van der Waals surface area contributed by atoms with Crippen LogP contribution in [0.4, 0.5) is 11.5 Å². The summed E-state index contributed by atoms with van der Waals surface area (Å²) in [4.78, 5) is 4.33. The molecule has 3 nitrogen and oxygen atoms in total.